The van der Waals surface area contributed by atoms with Gasteiger partial charge in [0.05, 0.1) is 33.1 Å². The molecule has 3 rings (SSSR count). The topological polar surface area (TPSA) is 115 Å². The molecule has 2 atom stereocenters. The van der Waals surface area contributed by atoms with Crippen LogP contribution in [-0.4, -0.2) is 45.7 Å². The second-order valence-corrected chi connectivity index (χ2v) is 10.6. The largest absolute Gasteiger partial charge is 0.493 e. The maximum Gasteiger partial charge on any atom is 0.242 e. The smallest absolute Gasteiger partial charge is 0.242 e. The van der Waals surface area contributed by atoms with Gasteiger partial charge < -0.3 is 30.2 Å². The molecule has 0 spiro atoms. The zero-order chi connectivity index (χ0) is 28.9. The lowest BCUT2D eigenvalue weighted by Gasteiger charge is -2.22. The van der Waals surface area contributed by atoms with Crippen molar-refractivity contribution in [2.45, 2.75) is 59.5 Å². The third-order valence-corrected chi connectivity index (χ3v) is 6.86. The predicted molar refractivity (Wildman–Crippen MR) is 153 cm³/mol. The van der Waals surface area contributed by atoms with Crippen LogP contribution in [0.1, 0.15) is 58.2 Å². The van der Waals surface area contributed by atoms with E-state index in [0.29, 0.717) is 53.8 Å². The second kappa shape index (κ2) is 12.9. The van der Waals surface area contributed by atoms with E-state index in [4.69, 9.17) is 14.2 Å². The Labute approximate surface area is 230 Å². The van der Waals surface area contributed by atoms with Crippen molar-refractivity contribution >= 4 is 17.5 Å². The van der Waals surface area contributed by atoms with Crippen LogP contribution in [0.5, 0.6) is 17.2 Å². The predicted octanol–water partition coefficient (Wildman–Crippen LogP) is 4.07. The summed E-state index contributed by atoms with van der Waals surface area (Å²) in [5.74, 6) is 1.34. The number of anilines is 1. The second-order valence-electron chi connectivity index (χ2n) is 10.6. The van der Waals surface area contributed by atoms with Gasteiger partial charge in [0.15, 0.2) is 11.5 Å². The van der Waals surface area contributed by atoms with Crippen molar-refractivity contribution in [3.05, 3.63) is 45.6 Å². The zero-order valence-electron chi connectivity index (χ0n) is 24.2. The van der Waals surface area contributed by atoms with Crippen LogP contribution in [0, 0.1) is 11.8 Å². The summed E-state index contributed by atoms with van der Waals surface area (Å²) in [6, 6.07) is 5.99. The highest BCUT2D eigenvalue weighted by Crippen LogP contribution is 2.50. The Morgan fingerprint density at radius 3 is 2.26 bits per heavy atom. The van der Waals surface area contributed by atoms with Gasteiger partial charge in [0, 0.05) is 19.0 Å². The van der Waals surface area contributed by atoms with Gasteiger partial charge in [0.25, 0.3) is 0 Å². The van der Waals surface area contributed by atoms with E-state index in [1.165, 1.54) is 6.92 Å². The van der Waals surface area contributed by atoms with Gasteiger partial charge >= 0.3 is 0 Å². The molecule has 2 amide bonds. The molecule has 0 saturated heterocycles. The standard InChI is InChI=1S/C30H41N3O6/c1-16(2)15-31-30(36)27(17(3)4)33-23-12-10-20-21(14-24(23)35)22(32-18(5)34)11-9-19-13-25(37-6)28(38-7)29(39-8)26(19)20/h10,12-14,16-17,22,27H,9,11,15H2,1-8H3,(H,31,36)(H,32,34)(H,33,35). The summed E-state index contributed by atoms with van der Waals surface area (Å²) in [4.78, 5) is 38.7. The fraction of sp³-hybridized carbons (Fsp3) is 0.500. The lowest BCUT2D eigenvalue weighted by Crippen LogP contribution is -2.44. The molecule has 2 unspecified atom stereocenters. The molecule has 3 N–H and O–H groups in total. The Hall–Kier alpha value is -3.75. The van der Waals surface area contributed by atoms with Crippen molar-refractivity contribution in [2.75, 3.05) is 33.2 Å². The number of carbonyl (C=O) groups excluding carboxylic acids is 2. The summed E-state index contributed by atoms with van der Waals surface area (Å²) < 4.78 is 17.1. The number of rotatable bonds is 10. The lowest BCUT2D eigenvalue weighted by atomic mass is 9.95. The number of amides is 2. The number of methoxy groups -OCH3 is 3. The molecule has 39 heavy (non-hydrogen) atoms. The van der Waals surface area contributed by atoms with Gasteiger partial charge in [-0.2, -0.15) is 0 Å². The summed E-state index contributed by atoms with van der Waals surface area (Å²) >= 11 is 0. The zero-order valence-corrected chi connectivity index (χ0v) is 24.2. The summed E-state index contributed by atoms with van der Waals surface area (Å²) in [5.41, 5.74) is 3.13. The average Bonchev–Trinajstić information content (AvgIpc) is 3.12. The minimum absolute atomic E-state index is 0.0652. The first-order chi connectivity index (χ1) is 18.5. The van der Waals surface area contributed by atoms with E-state index >= 15 is 0 Å². The summed E-state index contributed by atoms with van der Waals surface area (Å²) in [5, 5.41) is 9.16. The number of aryl methyl sites for hydroxylation is 1. The molecule has 2 aromatic rings. The molecule has 1 aliphatic rings. The SMILES string of the molecule is COc1cc2c(c(OC)c1OC)-c1ccc(NC(C(=O)NCC(C)C)C(C)C)c(=O)cc1C(NC(C)=O)CC2. The van der Waals surface area contributed by atoms with Gasteiger partial charge in [0.1, 0.15) is 6.04 Å². The number of benzene rings is 1. The first kappa shape index (κ1) is 29.8. The van der Waals surface area contributed by atoms with Gasteiger partial charge in [-0.25, -0.2) is 0 Å². The summed E-state index contributed by atoms with van der Waals surface area (Å²) in [7, 11) is 4.67. The molecule has 0 heterocycles. The van der Waals surface area contributed by atoms with Crippen LogP contribution in [-0.2, 0) is 16.0 Å². The van der Waals surface area contributed by atoms with E-state index < -0.39 is 12.1 Å². The van der Waals surface area contributed by atoms with Crippen molar-refractivity contribution in [1.29, 1.82) is 0 Å². The molecule has 9 nitrogen and oxygen atoms in total. The van der Waals surface area contributed by atoms with E-state index in [9.17, 15) is 14.4 Å². The first-order valence-electron chi connectivity index (χ1n) is 13.3. The molecule has 1 aliphatic carbocycles. The Kier molecular flexibility index (Phi) is 9.83. The molecule has 0 aliphatic heterocycles. The molecule has 0 saturated carbocycles. The molecular weight excluding hydrogens is 498 g/mol. The fourth-order valence-electron chi connectivity index (χ4n) is 4.94. The van der Waals surface area contributed by atoms with E-state index in [-0.39, 0.29) is 23.2 Å². The fourth-order valence-corrected chi connectivity index (χ4v) is 4.94. The number of hydrogen-bond acceptors (Lipinski definition) is 7. The van der Waals surface area contributed by atoms with Gasteiger partial charge in [-0.05, 0) is 59.6 Å². The Morgan fingerprint density at radius 2 is 1.69 bits per heavy atom. The average molecular weight is 540 g/mol. The first-order valence-corrected chi connectivity index (χ1v) is 13.3. The van der Waals surface area contributed by atoms with Gasteiger partial charge in [-0.1, -0.05) is 33.8 Å². The van der Waals surface area contributed by atoms with Gasteiger partial charge in [-0.3, -0.25) is 14.4 Å². The van der Waals surface area contributed by atoms with E-state index in [1.54, 1.807) is 33.5 Å². The van der Waals surface area contributed by atoms with Crippen LogP contribution >= 0.6 is 0 Å². The Morgan fingerprint density at radius 1 is 1.00 bits per heavy atom. The highest BCUT2D eigenvalue weighted by atomic mass is 16.5. The summed E-state index contributed by atoms with van der Waals surface area (Å²) in [6.07, 6.45) is 1.18. The molecule has 0 fully saturated rings. The third-order valence-electron chi connectivity index (χ3n) is 6.86. The molecule has 0 bridgehead atoms. The van der Waals surface area contributed by atoms with Crippen LogP contribution in [0.4, 0.5) is 5.69 Å². The van der Waals surface area contributed by atoms with Crippen molar-refractivity contribution in [3.63, 3.8) is 0 Å². The number of ether oxygens (including phenoxy) is 3. The number of hydrogen-bond donors (Lipinski definition) is 3. The number of nitrogens with one attached hydrogen (secondary N) is 3. The molecule has 9 heteroatoms. The van der Waals surface area contributed by atoms with Crippen LogP contribution in [0.25, 0.3) is 11.1 Å². The quantitative estimate of drug-likeness (QED) is 0.417. The van der Waals surface area contributed by atoms with Crippen LogP contribution < -0.4 is 35.6 Å². The minimum Gasteiger partial charge on any atom is -0.493 e. The van der Waals surface area contributed by atoms with E-state index in [2.05, 4.69) is 16.0 Å². The Bertz CT molecular complexity index is 1270. The van der Waals surface area contributed by atoms with Crippen molar-refractivity contribution in [2.24, 2.45) is 11.8 Å². The van der Waals surface area contributed by atoms with Crippen LogP contribution in [0.3, 0.4) is 0 Å². The van der Waals surface area contributed by atoms with Crippen molar-refractivity contribution in [3.8, 4) is 28.4 Å². The van der Waals surface area contributed by atoms with Crippen LogP contribution in [0.15, 0.2) is 29.1 Å². The molecular formula is C30H41N3O6. The molecule has 0 radical (unpaired) electrons. The lowest BCUT2D eigenvalue weighted by molar-refractivity contribution is -0.123. The number of fused-ring (bicyclic) bond motifs is 3. The van der Waals surface area contributed by atoms with E-state index in [0.717, 1.165) is 16.7 Å². The van der Waals surface area contributed by atoms with Crippen molar-refractivity contribution < 1.29 is 23.8 Å². The Balaban J connectivity index is 2.23. The maximum absolute atomic E-state index is 13.6. The number of carbonyl (C=O) groups is 2. The minimum atomic E-state index is -0.601. The normalized spacial score (nSPS) is 15.0. The monoisotopic (exact) mass is 539 g/mol. The summed E-state index contributed by atoms with van der Waals surface area (Å²) in [6.45, 7) is 9.93. The highest BCUT2D eigenvalue weighted by molar-refractivity contribution is 5.86. The van der Waals surface area contributed by atoms with E-state index in [1.807, 2.05) is 39.8 Å². The van der Waals surface area contributed by atoms with Crippen molar-refractivity contribution in [1.82, 2.24) is 10.6 Å². The maximum atomic E-state index is 13.6. The molecule has 212 valence electrons. The molecule has 2 aromatic carbocycles. The highest BCUT2D eigenvalue weighted by Gasteiger charge is 2.30. The van der Waals surface area contributed by atoms with Gasteiger partial charge in [-0.15, -0.1) is 0 Å². The van der Waals surface area contributed by atoms with Gasteiger partial charge in [0.2, 0.25) is 23.0 Å². The third kappa shape index (κ3) is 6.64. The van der Waals surface area contributed by atoms with Crippen LogP contribution in [0.2, 0.25) is 0 Å². The molecule has 0 aromatic heterocycles.